The van der Waals surface area contributed by atoms with Crippen LogP contribution in [-0.4, -0.2) is 15.5 Å². The second-order valence-corrected chi connectivity index (χ2v) is 5.30. The molecule has 0 saturated carbocycles. The standard InChI is InChI=1S/C17H19N3O/c1-2-6-13-15(17(18)21)14-8-3-4-10-20(14)16(13)12-7-5-9-19-11-12/h2,5-7,9,11H,3-4,8,10H2,1H3,(H2,18,21). The van der Waals surface area contributed by atoms with Gasteiger partial charge in [0.15, 0.2) is 0 Å². The molecule has 0 fully saturated rings. The lowest BCUT2D eigenvalue weighted by Gasteiger charge is -2.18. The number of nitrogens with two attached hydrogens (primary N) is 1. The highest BCUT2D eigenvalue weighted by Gasteiger charge is 2.26. The highest BCUT2D eigenvalue weighted by Crippen LogP contribution is 2.35. The normalized spacial score (nSPS) is 14.3. The van der Waals surface area contributed by atoms with Crippen molar-refractivity contribution in [2.24, 2.45) is 5.73 Å². The SMILES string of the molecule is CC=Cc1c(C(N)=O)c2n(c1-c1cccnc1)CCCC2. The van der Waals surface area contributed by atoms with Crippen molar-refractivity contribution < 1.29 is 4.79 Å². The number of nitrogens with zero attached hydrogens (tertiary/aromatic N) is 2. The van der Waals surface area contributed by atoms with Crippen LogP contribution in [0, 0.1) is 0 Å². The number of carbonyl (C=O) groups is 1. The molecule has 21 heavy (non-hydrogen) atoms. The smallest absolute Gasteiger partial charge is 0.251 e. The predicted octanol–water partition coefficient (Wildman–Crippen LogP) is 3.02. The molecule has 3 rings (SSSR count). The Morgan fingerprint density at radius 1 is 1.43 bits per heavy atom. The number of allylic oxidation sites excluding steroid dienone is 1. The van der Waals surface area contributed by atoms with E-state index in [1.54, 1.807) is 6.20 Å². The molecular weight excluding hydrogens is 262 g/mol. The molecule has 0 radical (unpaired) electrons. The van der Waals surface area contributed by atoms with Gasteiger partial charge in [-0.1, -0.05) is 12.2 Å². The maximum absolute atomic E-state index is 12.0. The van der Waals surface area contributed by atoms with E-state index in [4.69, 9.17) is 5.73 Å². The van der Waals surface area contributed by atoms with Gasteiger partial charge in [0.1, 0.15) is 0 Å². The first kappa shape index (κ1) is 13.6. The number of amides is 1. The van der Waals surface area contributed by atoms with E-state index in [-0.39, 0.29) is 5.91 Å². The molecule has 3 heterocycles. The monoisotopic (exact) mass is 281 g/mol. The Morgan fingerprint density at radius 2 is 2.29 bits per heavy atom. The summed E-state index contributed by atoms with van der Waals surface area (Å²) in [6.07, 6.45) is 10.7. The van der Waals surface area contributed by atoms with Crippen molar-refractivity contribution in [2.75, 3.05) is 0 Å². The molecular formula is C17H19N3O. The Hall–Kier alpha value is -2.36. The average molecular weight is 281 g/mol. The van der Waals surface area contributed by atoms with Crippen molar-refractivity contribution >= 4 is 12.0 Å². The fourth-order valence-corrected chi connectivity index (χ4v) is 3.18. The summed E-state index contributed by atoms with van der Waals surface area (Å²) in [5.74, 6) is -0.344. The van der Waals surface area contributed by atoms with Crippen LogP contribution in [0.3, 0.4) is 0 Å². The quantitative estimate of drug-likeness (QED) is 0.940. The van der Waals surface area contributed by atoms with Crippen LogP contribution in [0.2, 0.25) is 0 Å². The largest absolute Gasteiger partial charge is 0.366 e. The first-order chi connectivity index (χ1) is 10.2. The summed E-state index contributed by atoms with van der Waals surface area (Å²) in [6.45, 7) is 2.88. The van der Waals surface area contributed by atoms with Crippen LogP contribution in [0.25, 0.3) is 17.3 Å². The van der Waals surface area contributed by atoms with E-state index in [0.717, 1.165) is 48.3 Å². The lowest BCUT2D eigenvalue weighted by atomic mass is 10.0. The summed E-state index contributed by atoms with van der Waals surface area (Å²) >= 11 is 0. The highest BCUT2D eigenvalue weighted by atomic mass is 16.1. The average Bonchev–Trinajstić information content (AvgIpc) is 2.82. The van der Waals surface area contributed by atoms with Gasteiger partial charge in [0, 0.05) is 35.8 Å². The molecule has 1 aliphatic heterocycles. The summed E-state index contributed by atoms with van der Waals surface area (Å²) in [7, 11) is 0. The molecule has 2 aromatic heterocycles. The molecule has 4 nitrogen and oxygen atoms in total. The first-order valence-electron chi connectivity index (χ1n) is 7.32. The van der Waals surface area contributed by atoms with Crippen molar-refractivity contribution in [3.8, 4) is 11.3 Å². The third kappa shape index (κ3) is 2.27. The fourth-order valence-electron chi connectivity index (χ4n) is 3.18. The molecule has 0 unspecified atom stereocenters. The van der Waals surface area contributed by atoms with Gasteiger partial charge < -0.3 is 10.3 Å². The molecule has 0 bridgehead atoms. The topological polar surface area (TPSA) is 60.9 Å². The van der Waals surface area contributed by atoms with Crippen molar-refractivity contribution in [2.45, 2.75) is 32.7 Å². The molecule has 2 aromatic rings. The predicted molar refractivity (Wildman–Crippen MR) is 83.8 cm³/mol. The van der Waals surface area contributed by atoms with Crippen molar-refractivity contribution in [3.63, 3.8) is 0 Å². The molecule has 0 atom stereocenters. The molecule has 0 spiro atoms. The number of aromatic nitrogens is 2. The van der Waals surface area contributed by atoms with Crippen LogP contribution in [0.1, 0.15) is 41.4 Å². The minimum absolute atomic E-state index is 0.344. The Morgan fingerprint density at radius 3 is 2.95 bits per heavy atom. The van der Waals surface area contributed by atoms with Gasteiger partial charge in [0.05, 0.1) is 11.3 Å². The van der Waals surface area contributed by atoms with Gasteiger partial charge in [-0.05, 0) is 38.3 Å². The van der Waals surface area contributed by atoms with Crippen LogP contribution >= 0.6 is 0 Å². The van der Waals surface area contributed by atoms with Gasteiger partial charge in [0.2, 0.25) is 0 Å². The second-order valence-electron chi connectivity index (χ2n) is 5.30. The maximum Gasteiger partial charge on any atom is 0.251 e. The van der Waals surface area contributed by atoms with E-state index >= 15 is 0 Å². The van der Waals surface area contributed by atoms with Gasteiger partial charge in [-0.25, -0.2) is 0 Å². The number of rotatable bonds is 3. The zero-order chi connectivity index (χ0) is 14.8. The van der Waals surface area contributed by atoms with E-state index in [1.165, 1.54) is 0 Å². The number of fused-ring (bicyclic) bond motifs is 1. The van der Waals surface area contributed by atoms with Crippen LogP contribution in [-0.2, 0) is 13.0 Å². The molecule has 4 heteroatoms. The fraction of sp³-hybridized carbons (Fsp3) is 0.294. The molecule has 1 amide bonds. The lowest BCUT2D eigenvalue weighted by molar-refractivity contribution is 0.0999. The Kier molecular flexibility index (Phi) is 3.60. The molecule has 108 valence electrons. The number of hydrogen-bond donors (Lipinski definition) is 1. The molecule has 1 aliphatic rings. The third-order valence-electron chi connectivity index (χ3n) is 3.97. The van der Waals surface area contributed by atoms with Gasteiger partial charge >= 0.3 is 0 Å². The Labute approximate surface area is 124 Å². The van der Waals surface area contributed by atoms with Crippen molar-refractivity contribution in [1.29, 1.82) is 0 Å². The molecule has 0 saturated heterocycles. The maximum atomic E-state index is 12.0. The van der Waals surface area contributed by atoms with Crippen LogP contribution < -0.4 is 5.73 Å². The van der Waals surface area contributed by atoms with E-state index in [2.05, 4.69) is 9.55 Å². The zero-order valence-corrected chi connectivity index (χ0v) is 12.2. The van der Waals surface area contributed by atoms with Gasteiger partial charge in [0.25, 0.3) is 5.91 Å². The van der Waals surface area contributed by atoms with Crippen molar-refractivity contribution in [3.05, 3.63) is 47.4 Å². The van der Waals surface area contributed by atoms with E-state index in [1.807, 2.05) is 37.4 Å². The number of pyridine rings is 1. The zero-order valence-electron chi connectivity index (χ0n) is 12.2. The minimum atomic E-state index is -0.344. The van der Waals surface area contributed by atoms with E-state index in [0.29, 0.717) is 5.56 Å². The van der Waals surface area contributed by atoms with Crippen LogP contribution in [0.5, 0.6) is 0 Å². The Bertz CT molecular complexity index is 699. The first-order valence-corrected chi connectivity index (χ1v) is 7.32. The van der Waals surface area contributed by atoms with Gasteiger partial charge in [-0.15, -0.1) is 0 Å². The van der Waals surface area contributed by atoms with Gasteiger partial charge in [-0.2, -0.15) is 0 Å². The summed E-state index contributed by atoms with van der Waals surface area (Å²) < 4.78 is 2.25. The third-order valence-corrected chi connectivity index (χ3v) is 3.97. The van der Waals surface area contributed by atoms with E-state index < -0.39 is 0 Å². The summed E-state index contributed by atoms with van der Waals surface area (Å²) in [4.78, 5) is 16.2. The van der Waals surface area contributed by atoms with Crippen molar-refractivity contribution in [1.82, 2.24) is 9.55 Å². The van der Waals surface area contributed by atoms with Crippen LogP contribution in [0.4, 0.5) is 0 Å². The molecule has 0 aliphatic carbocycles. The van der Waals surface area contributed by atoms with E-state index in [9.17, 15) is 4.79 Å². The number of primary amides is 1. The van der Waals surface area contributed by atoms with Gasteiger partial charge in [-0.3, -0.25) is 9.78 Å². The Balaban J connectivity index is 2.34. The number of hydrogen-bond acceptors (Lipinski definition) is 2. The minimum Gasteiger partial charge on any atom is -0.366 e. The molecule has 2 N–H and O–H groups in total. The number of carbonyl (C=O) groups excluding carboxylic acids is 1. The van der Waals surface area contributed by atoms with Crippen LogP contribution in [0.15, 0.2) is 30.6 Å². The summed E-state index contributed by atoms with van der Waals surface area (Å²) in [5, 5.41) is 0. The lowest BCUT2D eigenvalue weighted by Crippen LogP contribution is -2.17. The summed E-state index contributed by atoms with van der Waals surface area (Å²) in [6, 6.07) is 3.95. The second kappa shape index (κ2) is 5.56. The molecule has 0 aromatic carbocycles. The highest BCUT2D eigenvalue weighted by molar-refractivity contribution is 6.01. The summed E-state index contributed by atoms with van der Waals surface area (Å²) in [5.41, 5.74) is 10.4.